The van der Waals surface area contributed by atoms with Crippen molar-refractivity contribution in [3.8, 4) is 0 Å². The van der Waals surface area contributed by atoms with Crippen LogP contribution in [-0.4, -0.2) is 39.6 Å². The molecule has 5 unspecified atom stereocenters. The van der Waals surface area contributed by atoms with Crippen molar-refractivity contribution in [3.05, 3.63) is 0 Å². The van der Waals surface area contributed by atoms with E-state index in [1.807, 2.05) is 0 Å². The van der Waals surface area contributed by atoms with E-state index in [-0.39, 0.29) is 5.25 Å². The summed E-state index contributed by atoms with van der Waals surface area (Å²) < 4.78 is 5.29. The van der Waals surface area contributed by atoms with E-state index in [9.17, 15) is 9.59 Å². The van der Waals surface area contributed by atoms with E-state index in [4.69, 9.17) is 14.9 Å². The maximum Gasteiger partial charge on any atom is 0.310 e. The van der Waals surface area contributed by atoms with Crippen molar-refractivity contribution in [2.75, 3.05) is 0 Å². The predicted molar refractivity (Wildman–Crippen MR) is 48.3 cm³/mol. The van der Waals surface area contributed by atoms with Crippen LogP contribution in [0.5, 0.6) is 0 Å². The third-order valence-electron chi connectivity index (χ3n) is 2.90. The van der Waals surface area contributed by atoms with Gasteiger partial charge in [0.05, 0.1) is 24.0 Å². The molecule has 6 heteroatoms. The molecule has 2 aliphatic heterocycles. The predicted octanol–water partition coefficient (Wildman–Crippen LogP) is -0.142. The zero-order valence-electron chi connectivity index (χ0n) is 7.16. The minimum Gasteiger partial charge on any atom is -0.481 e. The van der Waals surface area contributed by atoms with E-state index in [1.165, 1.54) is 0 Å². The van der Waals surface area contributed by atoms with Crippen molar-refractivity contribution in [2.45, 2.75) is 23.9 Å². The molecule has 0 amide bonds. The van der Waals surface area contributed by atoms with Gasteiger partial charge < -0.3 is 14.9 Å². The second-order valence-corrected chi connectivity index (χ2v) is 4.33. The maximum atomic E-state index is 10.9. The van der Waals surface area contributed by atoms with Crippen LogP contribution in [0.4, 0.5) is 0 Å². The summed E-state index contributed by atoms with van der Waals surface area (Å²) in [6.45, 7) is 0. The van der Waals surface area contributed by atoms with Crippen LogP contribution in [0, 0.1) is 11.8 Å². The third kappa shape index (κ3) is 1.21. The van der Waals surface area contributed by atoms with Gasteiger partial charge in [-0.15, -0.1) is 0 Å². The second-order valence-electron chi connectivity index (χ2n) is 3.67. The first kappa shape index (κ1) is 9.79. The summed E-state index contributed by atoms with van der Waals surface area (Å²) in [4.78, 5) is 21.7. The van der Waals surface area contributed by atoms with Gasteiger partial charge in [0.2, 0.25) is 0 Å². The Morgan fingerprint density at radius 3 is 2.29 bits per heavy atom. The highest BCUT2D eigenvalue weighted by molar-refractivity contribution is 7.81. The molecule has 2 aliphatic rings. The van der Waals surface area contributed by atoms with Gasteiger partial charge in [0.25, 0.3) is 0 Å². The molecule has 2 rings (SSSR count). The average Bonchev–Trinajstić information content (AvgIpc) is 2.58. The van der Waals surface area contributed by atoms with Crippen molar-refractivity contribution in [2.24, 2.45) is 11.8 Å². The van der Waals surface area contributed by atoms with E-state index in [0.29, 0.717) is 6.42 Å². The first-order chi connectivity index (χ1) is 6.52. The molecule has 2 fully saturated rings. The normalized spacial score (nSPS) is 45.4. The fourth-order valence-electron chi connectivity index (χ4n) is 2.32. The van der Waals surface area contributed by atoms with E-state index < -0.39 is 36.0 Å². The zero-order valence-corrected chi connectivity index (χ0v) is 8.05. The van der Waals surface area contributed by atoms with E-state index in [0.717, 1.165) is 0 Å². The van der Waals surface area contributed by atoms with Crippen molar-refractivity contribution < 1.29 is 24.5 Å². The number of carboxylic acid groups (broad SMARTS) is 2. The highest BCUT2D eigenvalue weighted by atomic mass is 32.1. The highest BCUT2D eigenvalue weighted by Crippen LogP contribution is 2.45. The molecular formula is C8H10O5S. The minimum atomic E-state index is -1.11. The molecule has 78 valence electrons. The molecular weight excluding hydrogens is 208 g/mol. The van der Waals surface area contributed by atoms with Crippen molar-refractivity contribution in [1.82, 2.24) is 0 Å². The molecule has 2 N–H and O–H groups in total. The Labute approximate surface area is 85.5 Å². The fourth-order valence-corrected chi connectivity index (χ4v) is 2.78. The number of hydrogen-bond acceptors (Lipinski definition) is 4. The Morgan fingerprint density at radius 2 is 1.79 bits per heavy atom. The lowest BCUT2D eigenvalue weighted by Gasteiger charge is -2.24. The molecule has 5 nitrogen and oxygen atoms in total. The Morgan fingerprint density at radius 1 is 1.21 bits per heavy atom. The van der Waals surface area contributed by atoms with Crippen LogP contribution >= 0.6 is 12.6 Å². The summed E-state index contributed by atoms with van der Waals surface area (Å²) in [5.74, 6) is -4.07. The van der Waals surface area contributed by atoms with Gasteiger partial charge in [-0.05, 0) is 6.42 Å². The third-order valence-corrected chi connectivity index (χ3v) is 3.40. The first-order valence-corrected chi connectivity index (χ1v) is 4.83. The van der Waals surface area contributed by atoms with Crippen LogP contribution in [0.25, 0.3) is 0 Å². The van der Waals surface area contributed by atoms with Crippen LogP contribution in [0.3, 0.4) is 0 Å². The Balaban J connectivity index is 2.27. The number of ether oxygens (including phenoxy) is 1. The molecule has 0 spiro atoms. The lowest BCUT2D eigenvalue weighted by Crippen LogP contribution is -2.42. The molecule has 0 aliphatic carbocycles. The minimum absolute atomic E-state index is 0.156. The number of rotatable bonds is 2. The van der Waals surface area contributed by atoms with Gasteiger partial charge in [0.15, 0.2) is 0 Å². The molecule has 0 saturated carbocycles. The van der Waals surface area contributed by atoms with Gasteiger partial charge in [-0.1, -0.05) is 0 Å². The molecule has 2 heterocycles. The summed E-state index contributed by atoms with van der Waals surface area (Å²) >= 11 is 4.18. The second kappa shape index (κ2) is 3.13. The largest absolute Gasteiger partial charge is 0.481 e. The molecule has 2 saturated heterocycles. The van der Waals surface area contributed by atoms with Crippen LogP contribution in [0.15, 0.2) is 0 Å². The number of carboxylic acids is 2. The number of carbonyl (C=O) groups is 2. The van der Waals surface area contributed by atoms with Gasteiger partial charge in [0.1, 0.15) is 0 Å². The quantitative estimate of drug-likeness (QED) is 0.562. The van der Waals surface area contributed by atoms with E-state index >= 15 is 0 Å². The molecule has 14 heavy (non-hydrogen) atoms. The van der Waals surface area contributed by atoms with Crippen molar-refractivity contribution in [3.63, 3.8) is 0 Å². The monoisotopic (exact) mass is 218 g/mol. The lowest BCUT2D eigenvalue weighted by atomic mass is 9.79. The van der Waals surface area contributed by atoms with Crippen LogP contribution in [0.1, 0.15) is 6.42 Å². The van der Waals surface area contributed by atoms with Crippen LogP contribution in [-0.2, 0) is 14.3 Å². The number of hydrogen-bond donors (Lipinski definition) is 3. The molecule has 5 atom stereocenters. The fraction of sp³-hybridized carbons (Fsp3) is 0.750. The Kier molecular flexibility index (Phi) is 2.19. The molecule has 0 aromatic heterocycles. The lowest BCUT2D eigenvalue weighted by molar-refractivity contribution is -0.153. The summed E-state index contributed by atoms with van der Waals surface area (Å²) in [6, 6.07) is 0. The summed E-state index contributed by atoms with van der Waals surface area (Å²) in [7, 11) is 0. The van der Waals surface area contributed by atoms with Gasteiger partial charge >= 0.3 is 11.9 Å². The van der Waals surface area contributed by atoms with E-state index in [2.05, 4.69) is 12.6 Å². The van der Waals surface area contributed by atoms with Crippen LogP contribution in [0.2, 0.25) is 0 Å². The topological polar surface area (TPSA) is 83.8 Å². The summed E-state index contributed by atoms with van der Waals surface area (Å²) in [6.07, 6.45) is -0.517. The Bertz CT molecular complexity index is 291. The number of aliphatic carboxylic acids is 2. The standard InChI is InChI=1S/C8H10O5S/c9-7(10)4-2-1-3(14)6(13-2)5(4)8(11)12/h2-6,14H,1H2,(H,9,10)(H,11,12). The maximum absolute atomic E-state index is 10.9. The van der Waals surface area contributed by atoms with Crippen LogP contribution < -0.4 is 0 Å². The molecule has 0 aromatic carbocycles. The molecule has 2 bridgehead atoms. The van der Waals surface area contributed by atoms with Gasteiger partial charge in [-0.2, -0.15) is 12.6 Å². The van der Waals surface area contributed by atoms with Gasteiger partial charge in [-0.25, -0.2) is 0 Å². The smallest absolute Gasteiger partial charge is 0.310 e. The zero-order chi connectivity index (χ0) is 10.5. The van der Waals surface area contributed by atoms with Crippen molar-refractivity contribution in [1.29, 1.82) is 0 Å². The van der Waals surface area contributed by atoms with E-state index in [1.54, 1.807) is 0 Å². The summed E-state index contributed by atoms with van der Waals surface area (Å²) in [5, 5.41) is 17.6. The first-order valence-electron chi connectivity index (χ1n) is 4.31. The number of fused-ring (bicyclic) bond motifs is 2. The van der Waals surface area contributed by atoms with Gasteiger partial charge in [-0.3, -0.25) is 9.59 Å². The van der Waals surface area contributed by atoms with Crippen molar-refractivity contribution >= 4 is 24.6 Å². The number of thiol groups is 1. The highest BCUT2D eigenvalue weighted by Gasteiger charge is 2.59. The molecule has 0 aromatic rings. The SMILES string of the molecule is O=C(O)C1C2CC(S)C(O2)C1C(=O)O. The van der Waals surface area contributed by atoms with Gasteiger partial charge in [0, 0.05) is 5.25 Å². The average molecular weight is 218 g/mol. The Hall–Kier alpha value is -0.750. The summed E-state index contributed by atoms with van der Waals surface area (Å²) in [5.41, 5.74) is 0. The molecule has 0 radical (unpaired) electrons.